The Bertz CT molecular complexity index is 178. The van der Waals surface area contributed by atoms with Crippen LogP contribution in [0.3, 0.4) is 0 Å². The molecule has 0 heterocycles. The zero-order chi connectivity index (χ0) is 13.8. The van der Waals surface area contributed by atoms with Crippen LogP contribution in [0.4, 0.5) is 0 Å². The maximum Gasteiger partial charge on any atom is 0.0894 e. The Morgan fingerprint density at radius 3 is 2.44 bits per heavy atom. The van der Waals surface area contributed by atoms with Gasteiger partial charge in [-0.25, -0.2) is 0 Å². The van der Waals surface area contributed by atoms with Gasteiger partial charge in [0.1, 0.15) is 0 Å². The number of aliphatic hydroxyl groups is 3. The van der Waals surface area contributed by atoms with Crippen LogP contribution in [0.1, 0.15) is 33.1 Å². The fourth-order valence-electron chi connectivity index (χ4n) is 1.62. The Balaban J connectivity index is 3.16. The van der Waals surface area contributed by atoms with Gasteiger partial charge in [-0.2, -0.15) is 0 Å². The van der Waals surface area contributed by atoms with E-state index in [4.69, 9.17) is 14.9 Å². The number of hydrogen-bond donors (Lipinski definition) is 4. The van der Waals surface area contributed by atoms with E-state index in [0.717, 1.165) is 25.8 Å². The van der Waals surface area contributed by atoms with Gasteiger partial charge < -0.3 is 25.4 Å². The first-order chi connectivity index (χ1) is 8.56. The number of aliphatic hydroxyl groups excluding tert-OH is 3. The van der Waals surface area contributed by atoms with E-state index in [1.165, 1.54) is 0 Å². The molecule has 0 radical (unpaired) electrons. The lowest BCUT2D eigenvalue weighted by Gasteiger charge is -2.13. The number of hydrogen-bond acceptors (Lipinski definition) is 5. The molecule has 0 aromatic heterocycles. The van der Waals surface area contributed by atoms with Crippen LogP contribution in [-0.2, 0) is 4.74 Å². The standard InChI is InChI=1S/C13H29NO4/c1-11(2)7-12(16)10-18-6-4-3-5-14-8-13(17)9-15/h11-17H,3-10H2,1-2H3. The van der Waals surface area contributed by atoms with Gasteiger partial charge in [0.05, 0.1) is 25.4 Å². The van der Waals surface area contributed by atoms with Crippen LogP contribution in [0, 0.1) is 5.92 Å². The molecule has 2 atom stereocenters. The highest BCUT2D eigenvalue weighted by Gasteiger charge is 2.06. The van der Waals surface area contributed by atoms with Gasteiger partial charge in [-0.15, -0.1) is 0 Å². The Kier molecular flexibility index (Phi) is 11.7. The van der Waals surface area contributed by atoms with Crippen molar-refractivity contribution in [1.82, 2.24) is 5.32 Å². The van der Waals surface area contributed by atoms with Gasteiger partial charge in [-0.05, 0) is 31.7 Å². The summed E-state index contributed by atoms with van der Waals surface area (Å²) < 4.78 is 5.38. The highest BCUT2D eigenvalue weighted by atomic mass is 16.5. The van der Waals surface area contributed by atoms with Gasteiger partial charge in [0.15, 0.2) is 0 Å². The molecule has 2 unspecified atom stereocenters. The smallest absolute Gasteiger partial charge is 0.0894 e. The molecular formula is C13H29NO4. The SMILES string of the molecule is CC(C)CC(O)COCCCCNCC(O)CO. The van der Waals surface area contributed by atoms with E-state index < -0.39 is 6.10 Å². The summed E-state index contributed by atoms with van der Waals surface area (Å²) in [5.74, 6) is 0.491. The minimum absolute atomic E-state index is 0.205. The van der Waals surface area contributed by atoms with E-state index in [-0.39, 0.29) is 12.7 Å². The molecule has 0 aliphatic heterocycles. The van der Waals surface area contributed by atoms with Gasteiger partial charge in [0.25, 0.3) is 0 Å². The van der Waals surface area contributed by atoms with Crippen LogP contribution in [0.2, 0.25) is 0 Å². The van der Waals surface area contributed by atoms with Crippen molar-refractivity contribution in [1.29, 1.82) is 0 Å². The van der Waals surface area contributed by atoms with Crippen molar-refractivity contribution in [2.75, 3.05) is 32.9 Å². The van der Waals surface area contributed by atoms with Crippen molar-refractivity contribution in [2.45, 2.75) is 45.3 Å². The zero-order valence-corrected chi connectivity index (χ0v) is 11.6. The van der Waals surface area contributed by atoms with E-state index in [2.05, 4.69) is 19.2 Å². The molecule has 0 rings (SSSR count). The molecule has 0 aromatic rings. The highest BCUT2D eigenvalue weighted by molar-refractivity contribution is 4.58. The molecule has 4 N–H and O–H groups in total. The molecule has 18 heavy (non-hydrogen) atoms. The van der Waals surface area contributed by atoms with Crippen LogP contribution in [0.15, 0.2) is 0 Å². The average molecular weight is 263 g/mol. The highest BCUT2D eigenvalue weighted by Crippen LogP contribution is 2.04. The third-order valence-electron chi connectivity index (χ3n) is 2.54. The maximum atomic E-state index is 9.56. The van der Waals surface area contributed by atoms with Crippen molar-refractivity contribution in [3.63, 3.8) is 0 Å². The summed E-state index contributed by atoms with van der Waals surface area (Å²) in [4.78, 5) is 0. The molecule has 0 aliphatic carbocycles. The first kappa shape index (κ1) is 17.8. The van der Waals surface area contributed by atoms with Gasteiger partial charge in [0.2, 0.25) is 0 Å². The Hall–Kier alpha value is -0.200. The number of unbranched alkanes of at least 4 members (excludes halogenated alkanes) is 1. The summed E-state index contributed by atoms with van der Waals surface area (Å²) in [6, 6.07) is 0. The molecule has 0 fully saturated rings. The normalized spacial score (nSPS) is 15.0. The van der Waals surface area contributed by atoms with Crippen LogP contribution < -0.4 is 5.32 Å². The molecule has 5 heteroatoms. The quantitative estimate of drug-likeness (QED) is 0.376. The fraction of sp³-hybridized carbons (Fsp3) is 1.00. The van der Waals surface area contributed by atoms with E-state index in [9.17, 15) is 5.11 Å². The van der Waals surface area contributed by atoms with Crippen LogP contribution in [0.5, 0.6) is 0 Å². The van der Waals surface area contributed by atoms with Gasteiger partial charge >= 0.3 is 0 Å². The molecule has 0 bridgehead atoms. The first-order valence-electron chi connectivity index (χ1n) is 6.81. The predicted molar refractivity (Wildman–Crippen MR) is 71.5 cm³/mol. The van der Waals surface area contributed by atoms with E-state index >= 15 is 0 Å². The summed E-state index contributed by atoms with van der Waals surface area (Å²) in [7, 11) is 0. The fourth-order valence-corrected chi connectivity index (χ4v) is 1.62. The van der Waals surface area contributed by atoms with Crippen molar-refractivity contribution in [2.24, 2.45) is 5.92 Å². The van der Waals surface area contributed by atoms with E-state index in [1.54, 1.807) is 0 Å². The molecule has 0 spiro atoms. The molecular weight excluding hydrogens is 234 g/mol. The summed E-state index contributed by atoms with van der Waals surface area (Å²) in [6.07, 6.45) is 1.63. The molecule has 0 saturated carbocycles. The summed E-state index contributed by atoms with van der Waals surface area (Å²) >= 11 is 0. The lowest BCUT2D eigenvalue weighted by Crippen LogP contribution is -2.30. The third kappa shape index (κ3) is 12.3. The number of ether oxygens (including phenoxy) is 1. The van der Waals surface area contributed by atoms with Crippen LogP contribution in [0.25, 0.3) is 0 Å². The Morgan fingerprint density at radius 1 is 1.11 bits per heavy atom. The first-order valence-corrected chi connectivity index (χ1v) is 6.81. The van der Waals surface area contributed by atoms with Gasteiger partial charge in [0, 0.05) is 13.2 Å². The minimum Gasteiger partial charge on any atom is -0.394 e. The monoisotopic (exact) mass is 263 g/mol. The van der Waals surface area contributed by atoms with E-state index in [0.29, 0.717) is 25.7 Å². The number of rotatable bonds is 12. The average Bonchev–Trinajstić information content (AvgIpc) is 2.31. The summed E-state index contributed by atoms with van der Waals surface area (Å²) in [6.45, 7) is 6.24. The lowest BCUT2D eigenvalue weighted by atomic mass is 10.1. The van der Waals surface area contributed by atoms with Gasteiger partial charge in [-0.1, -0.05) is 13.8 Å². The minimum atomic E-state index is -0.674. The topological polar surface area (TPSA) is 82.0 Å². The second-order valence-electron chi connectivity index (χ2n) is 5.11. The van der Waals surface area contributed by atoms with Crippen molar-refractivity contribution >= 4 is 0 Å². The maximum absolute atomic E-state index is 9.56. The van der Waals surface area contributed by atoms with Crippen molar-refractivity contribution < 1.29 is 20.1 Å². The zero-order valence-electron chi connectivity index (χ0n) is 11.6. The molecule has 5 nitrogen and oxygen atoms in total. The van der Waals surface area contributed by atoms with Crippen LogP contribution in [-0.4, -0.2) is 60.4 Å². The summed E-state index contributed by atoms with van der Waals surface area (Å²) in [5.41, 5.74) is 0. The molecule has 110 valence electrons. The van der Waals surface area contributed by atoms with E-state index in [1.807, 2.05) is 0 Å². The van der Waals surface area contributed by atoms with Crippen LogP contribution >= 0.6 is 0 Å². The largest absolute Gasteiger partial charge is 0.394 e. The Morgan fingerprint density at radius 2 is 1.83 bits per heavy atom. The molecule has 0 aliphatic rings. The second kappa shape index (κ2) is 11.9. The van der Waals surface area contributed by atoms with Gasteiger partial charge in [-0.3, -0.25) is 0 Å². The van der Waals surface area contributed by atoms with Crippen molar-refractivity contribution in [3.05, 3.63) is 0 Å². The third-order valence-corrected chi connectivity index (χ3v) is 2.54. The Labute approximate surface area is 110 Å². The van der Waals surface area contributed by atoms with Crippen molar-refractivity contribution in [3.8, 4) is 0 Å². The molecule has 0 amide bonds. The molecule has 0 aromatic carbocycles. The summed E-state index contributed by atoms with van der Waals surface area (Å²) in [5, 5.41) is 30.3. The lowest BCUT2D eigenvalue weighted by molar-refractivity contribution is 0.0251. The predicted octanol–water partition coefficient (Wildman–Crippen LogP) is 0.133. The number of nitrogens with one attached hydrogen (secondary N) is 1. The second-order valence-corrected chi connectivity index (χ2v) is 5.11. The molecule has 0 saturated heterocycles.